The number of anilines is 1. The Balaban J connectivity index is 3.11. The molecular formula is C10H13Cl2NO. The number of ether oxygens (including phenoxy) is 1. The van der Waals surface area contributed by atoms with Crippen molar-refractivity contribution in [3.8, 4) is 5.75 Å². The average molecular weight is 234 g/mol. The van der Waals surface area contributed by atoms with Gasteiger partial charge in [0, 0.05) is 12.1 Å². The third-order valence-corrected chi connectivity index (χ3v) is 2.13. The Morgan fingerprint density at radius 1 is 1.29 bits per heavy atom. The summed E-state index contributed by atoms with van der Waals surface area (Å²) in [5.41, 5.74) is 0.802. The van der Waals surface area contributed by atoms with Gasteiger partial charge < -0.3 is 10.1 Å². The zero-order valence-corrected chi connectivity index (χ0v) is 9.91. The van der Waals surface area contributed by atoms with E-state index >= 15 is 0 Å². The second kappa shape index (κ2) is 4.76. The van der Waals surface area contributed by atoms with Crippen LogP contribution in [0.2, 0.25) is 10.0 Å². The zero-order chi connectivity index (χ0) is 10.7. The van der Waals surface area contributed by atoms with Crippen LogP contribution in [-0.2, 0) is 0 Å². The van der Waals surface area contributed by atoms with Crippen LogP contribution in [0.4, 0.5) is 5.69 Å². The first-order valence-electron chi connectivity index (χ1n) is 4.38. The van der Waals surface area contributed by atoms with Gasteiger partial charge >= 0.3 is 0 Å². The Morgan fingerprint density at radius 3 is 2.43 bits per heavy atom. The van der Waals surface area contributed by atoms with Crippen LogP contribution in [-0.4, -0.2) is 13.2 Å². The van der Waals surface area contributed by atoms with Crippen molar-refractivity contribution in [1.29, 1.82) is 0 Å². The predicted molar refractivity (Wildman–Crippen MR) is 61.8 cm³/mol. The van der Waals surface area contributed by atoms with E-state index in [2.05, 4.69) is 5.32 Å². The molecule has 0 aromatic heterocycles. The van der Waals surface area contributed by atoms with Gasteiger partial charge in [0.05, 0.1) is 16.8 Å². The summed E-state index contributed by atoms with van der Waals surface area (Å²) in [6, 6.07) is 3.45. The van der Waals surface area contributed by atoms with Gasteiger partial charge in [-0.1, -0.05) is 23.2 Å². The quantitative estimate of drug-likeness (QED) is 0.858. The fourth-order valence-corrected chi connectivity index (χ4v) is 1.64. The zero-order valence-electron chi connectivity index (χ0n) is 8.40. The molecule has 78 valence electrons. The minimum absolute atomic E-state index is 0.0841. The van der Waals surface area contributed by atoms with Crippen LogP contribution in [0.1, 0.15) is 13.8 Å². The highest BCUT2D eigenvalue weighted by Gasteiger charge is 2.10. The van der Waals surface area contributed by atoms with E-state index in [9.17, 15) is 0 Å². The van der Waals surface area contributed by atoms with Gasteiger partial charge in [0.1, 0.15) is 0 Å². The second-order valence-electron chi connectivity index (χ2n) is 3.18. The van der Waals surface area contributed by atoms with Crippen molar-refractivity contribution in [1.82, 2.24) is 0 Å². The van der Waals surface area contributed by atoms with Gasteiger partial charge in [-0.25, -0.2) is 0 Å². The molecule has 0 amide bonds. The molecule has 0 aliphatic heterocycles. The van der Waals surface area contributed by atoms with E-state index in [1.165, 1.54) is 0 Å². The van der Waals surface area contributed by atoms with Gasteiger partial charge in [0.2, 0.25) is 0 Å². The molecule has 1 rings (SSSR count). The van der Waals surface area contributed by atoms with E-state index in [1.807, 2.05) is 13.8 Å². The molecule has 4 heteroatoms. The number of nitrogens with one attached hydrogen (secondary N) is 1. The second-order valence-corrected chi connectivity index (χ2v) is 4.02. The Hall–Kier alpha value is -0.600. The largest absolute Gasteiger partial charge is 0.487 e. The molecule has 0 atom stereocenters. The Kier molecular flexibility index (Phi) is 3.90. The van der Waals surface area contributed by atoms with E-state index in [0.717, 1.165) is 5.69 Å². The van der Waals surface area contributed by atoms with Crippen LogP contribution in [0.15, 0.2) is 12.1 Å². The minimum Gasteiger partial charge on any atom is -0.487 e. The highest BCUT2D eigenvalue weighted by Crippen LogP contribution is 2.36. The van der Waals surface area contributed by atoms with Gasteiger partial charge in [-0.15, -0.1) is 0 Å². The summed E-state index contributed by atoms with van der Waals surface area (Å²) in [5.74, 6) is 0.647. The van der Waals surface area contributed by atoms with Crippen LogP contribution in [0, 0.1) is 0 Å². The Labute approximate surface area is 94.2 Å². The fraction of sp³-hybridized carbons (Fsp3) is 0.400. The van der Waals surface area contributed by atoms with Crippen LogP contribution in [0.5, 0.6) is 5.75 Å². The standard InChI is InChI=1S/C10H13Cl2NO/c1-6(2)14-10-8(12)4-7(11)5-9(10)13-3/h4-6,13H,1-3H3. The molecule has 1 aromatic rings. The van der Waals surface area contributed by atoms with Crippen molar-refractivity contribution >= 4 is 28.9 Å². The molecule has 0 aliphatic carbocycles. The smallest absolute Gasteiger partial charge is 0.161 e. The van der Waals surface area contributed by atoms with Crippen LogP contribution in [0.3, 0.4) is 0 Å². The first-order valence-corrected chi connectivity index (χ1v) is 5.13. The molecule has 14 heavy (non-hydrogen) atoms. The molecule has 0 heterocycles. The van der Waals surface area contributed by atoms with Crippen molar-refractivity contribution in [2.45, 2.75) is 20.0 Å². The molecule has 0 saturated carbocycles. The topological polar surface area (TPSA) is 21.3 Å². The molecule has 1 N–H and O–H groups in total. The monoisotopic (exact) mass is 233 g/mol. The molecule has 1 aromatic carbocycles. The lowest BCUT2D eigenvalue weighted by atomic mass is 10.3. The van der Waals surface area contributed by atoms with E-state index in [1.54, 1.807) is 19.2 Å². The van der Waals surface area contributed by atoms with E-state index in [4.69, 9.17) is 27.9 Å². The lowest BCUT2D eigenvalue weighted by Gasteiger charge is -2.15. The molecule has 0 unspecified atom stereocenters. The van der Waals surface area contributed by atoms with E-state index < -0.39 is 0 Å². The molecule has 2 nitrogen and oxygen atoms in total. The van der Waals surface area contributed by atoms with Crippen LogP contribution < -0.4 is 10.1 Å². The van der Waals surface area contributed by atoms with Crippen molar-refractivity contribution in [3.05, 3.63) is 22.2 Å². The number of hydrogen-bond donors (Lipinski definition) is 1. The lowest BCUT2D eigenvalue weighted by Crippen LogP contribution is -2.08. The molecule has 0 saturated heterocycles. The highest BCUT2D eigenvalue weighted by molar-refractivity contribution is 6.36. The molecule has 0 aliphatic rings. The van der Waals surface area contributed by atoms with Crippen molar-refractivity contribution in [2.24, 2.45) is 0 Å². The molecule has 0 radical (unpaired) electrons. The van der Waals surface area contributed by atoms with Crippen molar-refractivity contribution in [2.75, 3.05) is 12.4 Å². The maximum Gasteiger partial charge on any atom is 0.161 e. The first kappa shape index (κ1) is 11.5. The summed E-state index contributed by atoms with van der Waals surface area (Å²) in [5, 5.41) is 4.11. The minimum atomic E-state index is 0.0841. The third kappa shape index (κ3) is 2.69. The number of halogens is 2. The normalized spacial score (nSPS) is 10.4. The van der Waals surface area contributed by atoms with Gasteiger partial charge in [-0.3, -0.25) is 0 Å². The maximum absolute atomic E-state index is 6.01. The number of benzene rings is 1. The van der Waals surface area contributed by atoms with E-state index in [0.29, 0.717) is 15.8 Å². The fourth-order valence-electron chi connectivity index (χ4n) is 1.10. The SMILES string of the molecule is CNc1cc(Cl)cc(Cl)c1OC(C)C. The first-order chi connectivity index (χ1) is 6.54. The Morgan fingerprint density at radius 2 is 1.93 bits per heavy atom. The predicted octanol–water partition coefficient (Wildman–Crippen LogP) is 3.82. The third-order valence-electron chi connectivity index (χ3n) is 1.63. The molecule has 0 fully saturated rings. The summed E-state index contributed by atoms with van der Waals surface area (Å²) in [4.78, 5) is 0. The average Bonchev–Trinajstić information content (AvgIpc) is 2.08. The van der Waals surface area contributed by atoms with Crippen LogP contribution >= 0.6 is 23.2 Å². The molecule has 0 bridgehead atoms. The van der Waals surface area contributed by atoms with Gasteiger partial charge in [-0.2, -0.15) is 0 Å². The number of rotatable bonds is 3. The summed E-state index contributed by atoms with van der Waals surface area (Å²) < 4.78 is 5.57. The Bertz CT molecular complexity index is 326. The maximum atomic E-state index is 6.01. The number of hydrogen-bond acceptors (Lipinski definition) is 2. The van der Waals surface area contributed by atoms with Gasteiger partial charge in [0.25, 0.3) is 0 Å². The summed E-state index contributed by atoms with van der Waals surface area (Å²) in [6.07, 6.45) is 0.0841. The van der Waals surface area contributed by atoms with Crippen molar-refractivity contribution < 1.29 is 4.74 Å². The van der Waals surface area contributed by atoms with Crippen molar-refractivity contribution in [3.63, 3.8) is 0 Å². The lowest BCUT2D eigenvalue weighted by molar-refractivity contribution is 0.244. The summed E-state index contributed by atoms with van der Waals surface area (Å²) in [7, 11) is 1.80. The van der Waals surface area contributed by atoms with Gasteiger partial charge in [0.15, 0.2) is 5.75 Å². The van der Waals surface area contributed by atoms with Crippen LogP contribution in [0.25, 0.3) is 0 Å². The van der Waals surface area contributed by atoms with Gasteiger partial charge in [-0.05, 0) is 26.0 Å². The molecular weight excluding hydrogens is 221 g/mol. The molecule has 0 spiro atoms. The van der Waals surface area contributed by atoms with E-state index in [-0.39, 0.29) is 6.10 Å². The summed E-state index contributed by atoms with van der Waals surface area (Å²) >= 11 is 11.9. The summed E-state index contributed by atoms with van der Waals surface area (Å²) in [6.45, 7) is 3.90. The highest BCUT2D eigenvalue weighted by atomic mass is 35.5.